The highest BCUT2D eigenvalue weighted by atomic mass is 16.2. The molecule has 25 heavy (non-hydrogen) atoms. The molecule has 1 heterocycles. The zero-order valence-electron chi connectivity index (χ0n) is 14.6. The molecule has 1 aliphatic heterocycles. The first-order valence-corrected chi connectivity index (χ1v) is 9.30. The van der Waals surface area contributed by atoms with Crippen LogP contribution in [0.2, 0.25) is 0 Å². The summed E-state index contributed by atoms with van der Waals surface area (Å²) in [7, 11) is 0. The third kappa shape index (κ3) is 4.68. The van der Waals surface area contributed by atoms with Gasteiger partial charge in [0.25, 0.3) is 0 Å². The van der Waals surface area contributed by atoms with E-state index in [9.17, 15) is 14.4 Å². The highest BCUT2D eigenvalue weighted by Crippen LogP contribution is 2.29. The number of hydrogen-bond acceptors (Lipinski definition) is 3. The van der Waals surface area contributed by atoms with Gasteiger partial charge in [0.15, 0.2) is 0 Å². The summed E-state index contributed by atoms with van der Waals surface area (Å²) in [5.74, 6) is 0.128. The fourth-order valence-electron chi connectivity index (χ4n) is 3.93. The molecule has 1 atom stereocenters. The second-order valence-corrected chi connectivity index (χ2v) is 7.10. The Labute approximate surface area is 148 Å². The molecule has 1 saturated heterocycles. The van der Waals surface area contributed by atoms with E-state index < -0.39 is 0 Å². The maximum Gasteiger partial charge on any atom is 0.229 e. The Bertz CT molecular complexity index is 607. The lowest BCUT2D eigenvalue weighted by Crippen LogP contribution is -2.42. The molecule has 1 saturated carbocycles. The predicted octanol–water partition coefficient (Wildman–Crippen LogP) is 2.44. The van der Waals surface area contributed by atoms with Crippen LogP contribution in [-0.2, 0) is 20.8 Å². The molecule has 3 rings (SSSR count). The van der Waals surface area contributed by atoms with E-state index in [1.165, 1.54) is 23.3 Å². The van der Waals surface area contributed by atoms with E-state index in [0.29, 0.717) is 5.92 Å². The lowest BCUT2D eigenvalue weighted by molar-refractivity contribution is -0.138. The van der Waals surface area contributed by atoms with Crippen molar-refractivity contribution in [2.75, 3.05) is 6.54 Å². The molecule has 2 fully saturated rings. The number of carbonyl (C=O) groups is 3. The first-order valence-electron chi connectivity index (χ1n) is 9.30. The van der Waals surface area contributed by atoms with Gasteiger partial charge in [-0.2, -0.15) is 0 Å². The Kier molecular flexibility index (Phi) is 5.84. The van der Waals surface area contributed by atoms with Crippen LogP contribution in [0.25, 0.3) is 0 Å². The van der Waals surface area contributed by atoms with Crippen molar-refractivity contribution in [1.29, 1.82) is 0 Å². The van der Waals surface area contributed by atoms with Crippen LogP contribution in [0.3, 0.4) is 0 Å². The van der Waals surface area contributed by atoms with Crippen molar-refractivity contribution in [1.82, 2.24) is 10.2 Å². The second kappa shape index (κ2) is 8.28. The van der Waals surface area contributed by atoms with Crippen LogP contribution in [0.5, 0.6) is 0 Å². The van der Waals surface area contributed by atoms with Crippen molar-refractivity contribution >= 4 is 17.7 Å². The molecular weight excluding hydrogens is 316 g/mol. The first-order chi connectivity index (χ1) is 12.1. The zero-order valence-corrected chi connectivity index (χ0v) is 14.6. The number of likely N-dealkylation sites (tertiary alicyclic amines) is 1. The number of benzene rings is 1. The van der Waals surface area contributed by atoms with Crippen molar-refractivity contribution in [2.24, 2.45) is 5.92 Å². The van der Waals surface area contributed by atoms with Crippen LogP contribution >= 0.6 is 0 Å². The van der Waals surface area contributed by atoms with E-state index in [1.807, 2.05) is 18.2 Å². The molecule has 3 amide bonds. The summed E-state index contributed by atoms with van der Waals surface area (Å²) in [6.45, 7) is 0.201. The molecule has 1 N–H and O–H groups in total. The number of rotatable bonds is 7. The third-order valence-corrected chi connectivity index (χ3v) is 5.33. The van der Waals surface area contributed by atoms with Crippen LogP contribution in [0, 0.1) is 5.92 Å². The minimum absolute atomic E-state index is 0.0691. The summed E-state index contributed by atoms with van der Waals surface area (Å²) in [4.78, 5) is 36.9. The zero-order chi connectivity index (χ0) is 17.6. The van der Waals surface area contributed by atoms with Gasteiger partial charge in [-0.1, -0.05) is 43.2 Å². The van der Waals surface area contributed by atoms with Crippen molar-refractivity contribution in [3.8, 4) is 0 Å². The summed E-state index contributed by atoms with van der Waals surface area (Å²) in [6.07, 6.45) is 6.33. The van der Waals surface area contributed by atoms with Gasteiger partial charge in [-0.15, -0.1) is 0 Å². The van der Waals surface area contributed by atoms with Crippen LogP contribution in [-0.4, -0.2) is 35.2 Å². The molecule has 1 aliphatic carbocycles. The van der Waals surface area contributed by atoms with E-state index in [2.05, 4.69) is 17.4 Å². The molecule has 1 aromatic carbocycles. The van der Waals surface area contributed by atoms with Gasteiger partial charge in [0.1, 0.15) is 0 Å². The highest BCUT2D eigenvalue weighted by molar-refractivity contribution is 6.02. The minimum atomic E-state index is -0.158. The molecule has 5 nitrogen and oxygen atoms in total. The number of hydrogen-bond donors (Lipinski definition) is 1. The van der Waals surface area contributed by atoms with Gasteiger partial charge in [0, 0.05) is 31.8 Å². The largest absolute Gasteiger partial charge is 0.353 e. The molecule has 5 heteroatoms. The quantitative estimate of drug-likeness (QED) is 0.774. The molecule has 1 aromatic rings. The van der Waals surface area contributed by atoms with Gasteiger partial charge < -0.3 is 5.32 Å². The van der Waals surface area contributed by atoms with Crippen LogP contribution in [0.15, 0.2) is 30.3 Å². The highest BCUT2D eigenvalue weighted by Gasteiger charge is 2.30. The summed E-state index contributed by atoms with van der Waals surface area (Å²) < 4.78 is 0. The summed E-state index contributed by atoms with van der Waals surface area (Å²) in [5, 5.41) is 3.17. The summed E-state index contributed by atoms with van der Waals surface area (Å²) in [6, 6.07) is 10.4. The fraction of sp³-hybridized carbons (Fsp3) is 0.550. The molecule has 2 aliphatic rings. The molecule has 0 unspecified atom stereocenters. The van der Waals surface area contributed by atoms with Crippen molar-refractivity contribution in [3.05, 3.63) is 35.9 Å². The lowest BCUT2D eigenvalue weighted by Gasteiger charge is -2.25. The van der Waals surface area contributed by atoms with Crippen LogP contribution in [0.4, 0.5) is 0 Å². The Morgan fingerprint density at radius 1 is 1.08 bits per heavy atom. The van der Waals surface area contributed by atoms with Crippen molar-refractivity contribution in [2.45, 2.75) is 57.4 Å². The number of amides is 3. The van der Waals surface area contributed by atoms with Crippen molar-refractivity contribution in [3.63, 3.8) is 0 Å². The van der Waals surface area contributed by atoms with Gasteiger partial charge in [0.05, 0.1) is 0 Å². The Morgan fingerprint density at radius 2 is 1.72 bits per heavy atom. The first kappa shape index (κ1) is 17.6. The molecule has 0 aromatic heterocycles. The molecule has 0 spiro atoms. The molecule has 0 radical (unpaired) electrons. The maximum atomic E-state index is 12.4. The van der Waals surface area contributed by atoms with E-state index >= 15 is 0 Å². The number of imide groups is 1. The fourth-order valence-corrected chi connectivity index (χ4v) is 3.93. The predicted molar refractivity (Wildman–Crippen MR) is 94.6 cm³/mol. The number of nitrogens with one attached hydrogen (secondary N) is 1. The topological polar surface area (TPSA) is 66.5 Å². The number of nitrogens with zero attached hydrogens (tertiary/aromatic N) is 1. The average Bonchev–Trinajstić information content (AvgIpc) is 3.24. The summed E-state index contributed by atoms with van der Waals surface area (Å²) >= 11 is 0. The molecule has 0 bridgehead atoms. The maximum absolute atomic E-state index is 12.4. The lowest BCUT2D eigenvalue weighted by atomic mass is 9.92. The van der Waals surface area contributed by atoms with Gasteiger partial charge in [-0.05, 0) is 30.7 Å². The standard InChI is InChI=1S/C20H26N2O3/c23-18(12-13-22-19(24)10-11-20(22)25)21-17(16-8-4-5-9-16)14-15-6-2-1-3-7-15/h1-3,6-7,16-17H,4-5,8-14H2,(H,21,23)/t17-/m0/s1. The van der Waals surface area contributed by atoms with Crippen LogP contribution in [0.1, 0.15) is 50.5 Å². The molecular formula is C20H26N2O3. The van der Waals surface area contributed by atoms with E-state index in [0.717, 1.165) is 19.3 Å². The van der Waals surface area contributed by atoms with Gasteiger partial charge in [-0.25, -0.2) is 0 Å². The second-order valence-electron chi connectivity index (χ2n) is 7.10. The minimum Gasteiger partial charge on any atom is -0.353 e. The average molecular weight is 342 g/mol. The Morgan fingerprint density at radius 3 is 2.36 bits per heavy atom. The smallest absolute Gasteiger partial charge is 0.229 e. The van der Waals surface area contributed by atoms with E-state index in [-0.39, 0.29) is 49.6 Å². The Hall–Kier alpha value is -2.17. The van der Waals surface area contributed by atoms with Gasteiger partial charge in [-0.3, -0.25) is 19.3 Å². The number of carbonyl (C=O) groups excluding carboxylic acids is 3. The van der Waals surface area contributed by atoms with Crippen LogP contribution < -0.4 is 5.32 Å². The third-order valence-electron chi connectivity index (χ3n) is 5.33. The Balaban J connectivity index is 1.56. The normalized spacial score (nSPS) is 19.4. The van der Waals surface area contributed by atoms with E-state index in [4.69, 9.17) is 0 Å². The van der Waals surface area contributed by atoms with Crippen molar-refractivity contribution < 1.29 is 14.4 Å². The van der Waals surface area contributed by atoms with E-state index in [1.54, 1.807) is 0 Å². The SMILES string of the molecule is O=C(CCN1C(=O)CCC1=O)N[C@@H](Cc1ccccc1)C1CCCC1. The monoisotopic (exact) mass is 342 g/mol. The molecule has 134 valence electrons. The summed E-state index contributed by atoms with van der Waals surface area (Å²) in [5.41, 5.74) is 1.23. The van der Waals surface area contributed by atoms with Gasteiger partial charge in [0.2, 0.25) is 17.7 Å². The van der Waals surface area contributed by atoms with Gasteiger partial charge >= 0.3 is 0 Å².